The Bertz CT molecular complexity index is 1040. The molecule has 1 fully saturated rings. The van der Waals surface area contributed by atoms with E-state index in [1.807, 2.05) is 6.07 Å². The number of halogens is 1. The van der Waals surface area contributed by atoms with E-state index in [4.69, 9.17) is 5.26 Å². The molecule has 1 atom stereocenters. The maximum absolute atomic E-state index is 13.4. The summed E-state index contributed by atoms with van der Waals surface area (Å²) in [5.74, 6) is -0.831. The lowest BCUT2D eigenvalue weighted by Crippen LogP contribution is -3.19. The van der Waals surface area contributed by atoms with Crippen molar-refractivity contribution in [1.82, 2.24) is 4.31 Å². The van der Waals surface area contributed by atoms with Crippen molar-refractivity contribution < 1.29 is 22.5 Å². The molecule has 0 aliphatic carbocycles. The monoisotopic (exact) mass is 417 g/mol. The fourth-order valence-electron chi connectivity index (χ4n) is 3.34. The first-order chi connectivity index (χ1) is 13.8. The predicted octanol–water partition coefficient (Wildman–Crippen LogP) is 0.614. The van der Waals surface area contributed by atoms with Gasteiger partial charge in [-0.05, 0) is 37.3 Å². The van der Waals surface area contributed by atoms with E-state index in [9.17, 15) is 17.6 Å². The molecule has 152 valence electrons. The lowest BCUT2D eigenvalue weighted by molar-refractivity contribution is -0.917. The molecular formula is C20H22FN4O3S+. The van der Waals surface area contributed by atoms with Crippen LogP contribution in [0.15, 0.2) is 53.4 Å². The van der Waals surface area contributed by atoms with Crippen molar-refractivity contribution >= 4 is 21.6 Å². The van der Waals surface area contributed by atoms with E-state index in [1.54, 1.807) is 31.2 Å². The molecule has 0 unspecified atom stereocenters. The van der Waals surface area contributed by atoms with Gasteiger partial charge in [0.1, 0.15) is 11.9 Å². The molecule has 2 N–H and O–H groups in total. The van der Waals surface area contributed by atoms with Gasteiger partial charge >= 0.3 is 0 Å². The molecule has 29 heavy (non-hydrogen) atoms. The van der Waals surface area contributed by atoms with Crippen LogP contribution >= 0.6 is 0 Å². The summed E-state index contributed by atoms with van der Waals surface area (Å²) in [6, 6.07) is 13.3. The smallest absolute Gasteiger partial charge is 0.282 e. The number of anilines is 1. The van der Waals surface area contributed by atoms with Crippen LogP contribution in [0.2, 0.25) is 0 Å². The number of hydrogen-bond donors (Lipinski definition) is 2. The van der Waals surface area contributed by atoms with Gasteiger partial charge in [0.25, 0.3) is 5.91 Å². The van der Waals surface area contributed by atoms with E-state index in [1.165, 1.54) is 22.5 Å². The Balaban J connectivity index is 1.63. The number of quaternary nitrogens is 1. The minimum atomic E-state index is -3.77. The van der Waals surface area contributed by atoms with Gasteiger partial charge in [-0.15, -0.1) is 0 Å². The molecule has 2 aromatic rings. The van der Waals surface area contributed by atoms with E-state index in [0.29, 0.717) is 24.3 Å². The zero-order valence-corrected chi connectivity index (χ0v) is 16.7. The standard InChI is InChI=1S/C20H21FN4O3S/c1-15(20(26)23-19-8-3-2-5-16(19)14-22)24-9-11-25(12-10-24)29(27,28)18-7-4-6-17(21)13-18/h2-8,13,15H,9-12H2,1H3,(H,23,26)/p+1/t15-/m1/s1. The van der Waals surface area contributed by atoms with Crippen molar-refractivity contribution in [1.29, 1.82) is 5.26 Å². The van der Waals surface area contributed by atoms with Crippen LogP contribution in [0.1, 0.15) is 12.5 Å². The van der Waals surface area contributed by atoms with Gasteiger partial charge in [0.15, 0.2) is 6.04 Å². The molecular weight excluding hydrogens is 395 g/mol. The Kier molecular flexibility index (Phi) is 6.27. The van der Waals surface area contributed by atoms with Gasteiger partial charge in [0.05, 0.1) is 42.3 Å². The SMILES string of the molecule is C[C@H](C(=O)Nc1ccccc1C#N)[NH+]1CCN(S(=O)(=O)c2cccc(F)c2)CC1. The minimum Gasteiger partial charge on any atom is -0.323 e. The number of rotatable bonds is 5. The van der Waals surface area contributed by atoms with Gasteiger partial charge in [0.2, 0.25) is 10.0 Å². The quantitative estimate of drug-likeness (QED) is 0.746. The maximum atomic E-state index is 13.4. The second-order valence-corrected chi connectivity index (χ2v) is 8.83. The largest absolute Gasteiger partial charge is 0.323 e. The summed E-state index contributed by atoms with van der Waals surface area (Å²) in [7, 11) is -3.77. The highest BCUT2D eigenvalue weighted by molar-refractivity contribution is 7.89. The second kappa shape index (κ2) is 8.69. The lowest BCUT2D eigenvalue weighted by atomic mass is 10.1. The number of benzene rings is 2. The van der Waals surface area contributed by atoms with Gasteiger partial charge in [-0.3, -0.25) is 4.79 Å². The third kappa shape index (κ3) is 4.62. The van der Waals surface area contributed by atoms with E-state index >= 15 is 0 Å². The lowest BCUT2D eigenvalue weighted by Gasteiger charge is -2.34. The van der Waals surface area contributed by atoms with Crippen LogP contribution in [0.5, 0.6) is 0 Å². The van der Waals surface area contributed by atoms with Crippen molar-refractivity contribution in [3.05, 3.63) is 59.9 Å². The molecule has 0 spiro atoms. The Morgan fingerprint density at radius 1 is 1.21 bits per heavy atom. The van der Waals surface area contributed by atoms with Crippen LogP contribution in [0, 0.1) is 17.1 Å². The average molecular weight is 417 g/mol. The molecule has 1 aliphatic heterocycles. The second-order valence-electron chi connectivity index (χ2n) is 6.89. The zero-order valence-electron chi connectivity index (χ0n) is 15.9. The average Bonchev–Trinajstić information content (AvgIpc) is 2.73. The fraction of sp³-hybridized carbons (Fsp3) is 0.300. The summed E-state index contributed by atoms with van der Waals surface area (Å²) < 4.78 is 40.1. The van der Waals surface area contributed by atoms with Crippen LogP contribution in [-0.4, -0.2) is 50.9 Å². The molecule has 0 aromatic heterocycles. The Labute approximate surface area is 169 Å². The number of carbonyl (C=O) groups excluding carboxylic acids is 1. The number of nitrogens with zero attached hydrogens (tertiary/aromatic N) is 2. The molecule has 0 bridgehead atoms. The highest BCUT2D eigenvalue weighted by Crippen LogP contribution is 2.17. The first-order valence-corrected chi connectivity index (χ1v) is 10.7. The van der Waals surface area contributed by atoms with E-state index in [0.717, 1.165) is 11.0 Å². The highest BCUT2D eigenvalue weighted by atomic mass is 32.2. The first kappa shape index (κ1) is 20.9. The van der Waals surface area contributed by atoms with Crippen molar-refractivity contribution in [3.8, 4) is 6.07 Å². The van der Waals surface area contributed by atoms with Crippen LogP contribution < -0.4 is 10.2 Å². The van der Waals surface area contributed by atoms with Crippen molar-refractivity contribution in [2.75, 3.05) is 31.5 Å². The zero-order chi connectivity index (χ0) is 21.0. The number of hydrogen-bond acceptors (Lipinski definition) is 4. The normalized spacial score (nSPS) is 16.7. The van der Waals surface area contributed by atoms with E-state index in [2.05, 4.69) is 5.32 Å². The Morgan fingerprint density at radius 3 is 2.55 bits per heavy atom. The molecule has 1 saturated heterocycles. The van der Waals surface area contributed by atoms with Crippen LogP contribution in [0.25, 0.3) is 0 Å². The summed E-state index contributed by atoms with van der Waals surface area (Å²) in [6.07, 6.45) is 0. The third-order valence-electron chi connectivity index (χ3n) is 5.11. The number of sulfonamides is 1. The first-order valence-electron chi connectivity index (χ1n) is 9.23. The minimum absolute atomic E-state index is 0.0696. The Morgan fingerprint density at radius 2 is 1.90 bits per heavy atom. The van der Waals surface area contributed by atoms with E-state index in [-0.39, 0.29) is 23.9 Å². The molecule has 0 saturated carbocycles. The number of nitrogens with one attached hydrogen (secondary N) is 2. The molecule has 1 amide bonds. The number of nitriles is 1. The van der Waals surface area contributed by atoms with Crippen LogP contribution in [0.3, 0.4) is 0 Å². The Hall–Kier alpha value is -2.80. The fourth-order valence-corrected chi connectivity index (χ4v) is 4.81. The molecule has 7 nitrogen and oxygen atoms in total. The van der Waals surface area contributed by atoms with Crippen LogP contribution in [0.4, 0.5) is 10.1 Å². The van der Waals surface area contributed by atoms with Gasteiger partial charge in [-0.1, -0.05) is 18.2 Å². The number of amides is 1. The summed E-state index contributed by atoms with van der Waals surface area (Å²) in [4.78, 5) is 13.5. The molecule has 9 heteroatoms. The van der Waals surface area contributed by atoms with Gasteiger partial charge in [0, 0.05) is 0 Å². The topological polar surface area (TPSA) is 94.7 Å². The molecule has 0 radical (unpaired) electrons. The molecule has 2 aromatic carbocycles. The predicted molar refractivity (Wildman–Crippen MR) is 105 cm³/mol. The van der Waals surface area contributed by atoms with Crippen molar-refractivity contribution in [2.45, 2.75) is 17.9 Å². The number of piperazine rings is 1. The van der Waals surface area contributed by atoms with Crippen molar-refractivity contribution in [2.24, 2.45) is 0 Å². The molecule has 1 heterocycles. The van der Waals surface area contributed by atoms with E-state index < -0.39 is 21.9 Å². The number of para-hydroxylation sites is 1. The summed E-state index contributed by atoms with van der Waals surface area (Å²) in [6.45, 7) is 3.14. The van der Waals surface area contributed by atoms with Crippen LogP contribution in [-0.2, 0) is 14.8 Å². The summed E-state index contributed by atoms with van der Waals surface area (Å²) >= 11 is 0. The third-order valence-corrected chi connectivity index (χ3v) is 7.00. The maximum Gasteiger partial charge on any atom is 0.282 e. The number of carbonyl (C=O) groups is 1. The van der Waals surface area contributed by atoms with Gasteiger partial charge in [-0.25, -0.2) is 12.8 Å². The van der Waals surface area contributed by atoms with Gasteiger partial charge in [-0.2, -0.15) is 9.57 Å². The highest BCUT2D eigenvalue weighted by Gasteiger charge is 2.34. The summed E-state index contributed by atoms with van der Waals surface area (Å²) in [5.41, 5.74) is 0.840. The molecule has 3 rings (SSSR count). The van der Waals surface area contributed by atoms with Crippen molar-refractivity contribution in [3.63, 3.8) is 0 Å². The summed E-state index contributed by atoms with van der Waals surface area (Å²) in [5, 5.41) is 11.9. The molecule has 1 aliphatic rings. The van der Waals surface area contributed by atoms with Gasteiger partial charge < -0.3 is 10.2 Å².